The zero-order valence-corrected chi connectivity index (χ0v) is 9.24. The number of pyridine rings is 1. The summed E-state index contributed by atoms with van der Waals surface area (Å²) in [6.45, 7) is 4.47. The van der Waals surface area contributed by atoms with Gasteiger partial charge in [0, 0.05) is 32.4 Å². The maximum absolute atomic E-state index is 6.14. The van der Waals surface area contributed by atoms with Gasteiger partial charge in [-0.2, -0.15) is 0 Å². The molecule has 0 bridgehead atoms. The molecule has 2 fully saturated rings. The number of fused-ring (bicyclic) bond motifs is 1. The molecule has 2 aliphatic rings. The summed E-state index contributed by atoms with van der Waals surface area (Å²) in [4.78, 5) is 6.68. The van der Waals surface area contributed by atoms with Crippen molar-refractivity contribution in [2.24, 2.45) is 11.8 Å². The fourth-order valence-corrected chi connectivity index (χ4v) is 2.88. The predicted octanol–water partition coefficient (Wildman–Crippen LogP) is 1.39. The second kappa shape index (κ2) is 3.65. The second-order valence-electron chi connectivity index (χ2n) is 4.39. The third-order valence-corrected chi connectivity index (χ3v) is 3.72. The van der Waals surface area contributed by atoms with Crippen LogP contribution < -0.4 is 10.2 Å². The van der Waals surface area contributed by atoms with E-state index in [-0.39, 0.29) is 0 Å². The topological polar surface area (TPSA) is 28.2 Å². The second-order valence-corrected chi connectivity index (χ2v) is 4.80. The number of hydrogen-bond donors (Lipinski definition) is 1. The van der Waals surface area contributed by atoms with E-state index in [4.69, 9.17) is 11.6 Å². The molecule has 1 N–H and O–H groups in total. The molecule has 15 heavy (non-hydrogen) atoms. The van der Waals surface area contributed by atoms with Gasteiger partial charge in [0.2, 0.25) is 0 Å². The molecule has 0 aromatic carbocycles. The van der Waals surface area contributed by atoms with Gasteiger partial charge in [0.25, 0.3) is 0 Å². The van der Waals surface area contributed by atoms with Gasteiger partial charge in [0.15, 0.2) is 0 Å². The van der Waals surface area contributed by atoms with Crippen LogP contribution >= 0.6 is 11.6 Å². The summed E-state index contributed by atoms with van der Waals surface area (Å²) in [5.41, 5.74) is 0. The van der Waals surface area contributed by atoms with Crippen molar-refractivity contribution in [1.29, 1.82) is 0 Å². The Labute approximate surface area is 94.4 Å². The first-order chi connectivity index (χ1) is 7.34. The van der Waals surface area contributed by atoms with Crippen molar-refractivity contribution < 1.29 is 0 Å². The van der Waals surface area contributed by atoms with Crippen LogP contribution in [0.15, 0.2) is 18.3 Å². The largest absolute Gasteiger partial charge is 0.355 e. The van der Waals surface area contributed by atoms with Crippen LogP contribution in [-0.4, -0.2) is 31.2 Å². The molecular formula is C11H14ClN3. The highest BCUT2D eigenvalue weighted by Crippen LogP contribution is 2.32. The van der Waals surface area contributed by atoms with Gasteiger partial charge in [0.1, 0.15) is 5.82 Å². The third-order valence-electron chi connectivity index (χ3n) is 3.43. The normalized spacial score (nSPS) is 29.5. The Morgan fingerprint density at radius 2 is 2.07 bits per heavy atom. The van der Waals surface area contributed by atoms with Crippen LogP contribution in [0.3, 0.4) is 0 Å². The van der Waals surface area contributed by atoms with Crippen LogP contribution in [0.25, 0.3) is 0 Å². The van der Waals surface area contributed by atoms with E-state index in [2.05, 4.69) is 15.2 Å². The summed E-state index contributed by atoms with van der Waals surface area (Å²) < 4.78 is 0. The number of rotatable bonds is 1. The Morgan fingerprint density at radius 1 is 1.33 bits per heavy atom. The molecule has 0 aliphatic carbocycles. The zero-order valence-electron chi connectivity index (χ0n) is 8.49. The Balaban J connectivity index is 1.82. The van der Waals surface area contributed by atoms with Gasteiger partial charge in [-0.25, -0.2) is 4.98 Å². The molecular weight excluding hydrogens is 210 g/mol. The Kier molecular flexibility index (Phi) is 2.29. The summed E-state index contributed by atoms with van der Waals surface area (Å²) >= 11 is 6.14. The Bertz CT molecular complexity index is 357. The highest BCUT2D eigenvalue weighted by molar-refractivity contribution is 6.32. The quantitative estimate of drug-likeness (QED) is 0.780. The van der Waals surface area contributed by atoms with E-state index >= 15 is 0 Å². The van der Waals surface area contributed by atoms with E-state index in [1.807, 2.05) is 18.3 Å². The van der Waals surface area contributed by atoms with Gasteiger partial charge in [-0.05, 0) is 24.0 Å². The molecule has 3 heterocycles. The molecule has 0 spiro atoms. The monoisotopic (exact) mass is 223 g/mol. The lowest BCUT2D eigenvalue weighted by Gasteiger charge is -2.19. The van der Waals surface area contributed by atoms with Crippen LogP contribution in [-0.2, 0) is 0 Å². The maximum atomic E-state index is 6.14. The Morgan fingerprint density at radius 3 is 2.73 bits per heavy atom. The van der Waals surface area contributed by atoms with Crippen molar-refractivity contribution in [3.05, 3.63) is 23.4 Å². The molecule has 1 aromatic rings. The molecule has 3 nitrogen and oxygen atoms in total. The van der Waals surface area contributed by atoms with Crippen molar-refractivity contribution >= 4 is 17.4 Å². The summed E-state index contributed by atoms with van der Waals surface area (Å²) in [6, 6.07) is 3.79. The molecule has 80 valence electrons. The maximum Gasteiger partial charge on any atom is 0.147 e. The van der Waals surface area contributed by atoms with E-state index in [9.17, 15) is 0 Å². The lowest BCUT2D eigenvalue weighted by molar-refractivity contribution is 0.533. The van der Waals surface area contributed by atoms with Gasteiger partial charge >= 0.3 is 0 Å². The molecule has 2 unspecified atom stereocenters. The zero-order chi connectivity index (χ0) is 10.3. The average molecular weight is 224 g/mol. The van der Waals surface area contributed by atoms with Gasteiger partial charge in [-0.15, -0.1) is 0 Å². The fraction of sp³-hybridized carbons (Fsp3) is 0.545. The van der Waals surface area contributed by atoms with Gasteiger partial charge < -0.3 is 10.2 Å². The number of nitrogens with one attached hydrogen (secondary N) is 1. The van der Waals surface area contributed by atoms with Crippen molar-refractivity contribution in [3.63, 3.8) is 0 Å². The van der Waals surface area contributed by atoms with E-state index in [0.717, 1.165) is 48.9 Å². The number of halogens is 1. The van der Waals surface area contributed by atoms with Crippen molar-refractivity contribution in [2.75, 3.05) is 31.1 Å². The van der Waals surface area contributed by atoms with Crippen molar-refractivity contribution in [1.82, 2.24) is 10.3 Å². The molecule has 2 atom stereocenters. The first-order valence-electron chi connectivity index (χ1n) is 5.41. The number of nitrogens with zero attached hydrogens (tertiary/aromatic N) is 2. The summed E-state index contributed by atoms with van der Waals surface area (Å²) in [6.07, 6.45) is 1.81. The molecule has 0 amide bonds. The first-order valence-corrected chi connectivity index (χ1v) is 5.78. The smallest absolute Gasteiger partial charge is 0.147 e. The van der Waals surface area contributed by atoms with E-state index in [0.29, 0.717) is 0 Å². The van der Waals surface area contributed by atoms with Gasteiger partial charge in [0.05, 0.1) is 5.02 Å². The minimum atomic E-state index is 0.769. The van der Waals surface area contributed by atoms with Crippen LogP contribution in [0.2, 0.25) is 5.02 Å². The van der Waals surface area contributed by atoms with Crippen LogP contribution in [0.1, 0.15) is 0 Å². The van der Waals surface area contributed by atoms with Crippen molar-refractivity contribution in [2.45, 2.75) is 0 Å². The number of aromatic nitrogens is 1. The lowest BCUT2D eigenvalue weighted by Crippen LogP contribution is -2.26. The molecule has 2 aliphatic heterocycles. The highest BCUT2D eigenvalue weighted by Gasteiger charge is 2.36. The minimum Gasteiger partial charge on any atom is -0.355 e. The van der Waals surface area contributed by atoms with Gasteiger partial charge in [-0.1, -0.05) is 11.6 Å². The predicted molar refractivity (Wildman–Crippen MR) is 61.3 cm³/mol. The molecule has 0 saturated carbocycles. The summed E-state index contributed by atoms with van der Waals surface area (Å²) in [7, 11) is 0. The SMILES string of the molecule is Clc1cccnc1N1CC2CNCC2C1. The molecule has 3 rings (SSSR count). The standard InChI is InChI=1S/C11H14ClN3/c12-10-2-1-3-14-11(10)15-6-8-4-13-5-9(8)7-15/h1-3,8-9,13H,4-7H2. The molecule has 4 heteroatoms. The lowest BCUT2D eigenvalue weighted by atomic mass is 10.0. The van der Waals surface area contributed by atoms with Crippen LogP contribution in [0.4, 0.5) is 5.82 Å². The molecule has 0 radical (unpaired) electrons. The number of anilines is 1. The minimum absolute atomic E-state index is 0.769. The van der Waals surface area contributed by atoms with E-state index in [1.54, 1.807) is 0 Å². The van der Waals surface area contributed by atoms with Crippen LogP contribution in [0, 0.1) is 11.8 Å². The molecule has 1 aromatic heterocycles. The highest BCUT2D eigenvalue weighted by atomic mass is 35.5. The third kappa shape index (κ3) is 1.60. The van der Waals surface area contributed by atoms with Crippen LogP contribution in [0.5, 0.6) is 0 Å². The van der Waals surface area contributed by atoms with Gasteiger partial charge in [-0.3, -0.25) is 0 Å². The van der Waals surface area contributed by atoms with E-state index in [1.165, 1.54) is 0 Å². The Hall–Kier alpha value is -0.800. The van der Waals surface area contributed by atoms with E-state index < -0.39 is 0 Å². The first kappa shape index (κ1) is 9.43. The van der Waals surface area contributed by atoms with Crippen molar-refractivity contribution in [3.8, 4) is 0 Å². The summed E-state index contributed by atoms with van der Waals surface area (Å²) in [5.74, 6) is 2.51. The number of hydrogen-bond acceptors (Lipinski definition) is 3. The average Bonchev–Trinajstić information content (AvgIpc) is 2.77. The summed E-state index contributed by atoms with van der Waals surface area (Å²) in [5, 5.41) is 4.20. The fourth-order valence-electron chi connectivity index (χ4n) is 2.64. The molecule has 2 saturated heterocycles.